The van der Waals surface area contributed by atoms with Gasteiger partial charge in [-0.2, -0.15) is 0 Å². The topological polar surface area (TPSA) is 17.1 Å². The molecule has 0 aliphatic heterocycles. The zero-order valence-electron chi connectivity index (χ0n) is 12.1. The Morgan fingerprint density at radius 3 is 2.37 bits per heavy atom. The largest absolute Gasteiger partial charge is 0.303 e. The van der Waals surface area contributed by atoms with Gasteiger partial charge < -0.3 is 4.79 Å². The molecule has 0 saturated heterocycles. The van der Waals surface area contributed by atoms with E-state index in [0.29, 0.717) is 5.92 Å². The lowest BCUT2D eigenvalue weighted by Gasteiger charge is -2.54. The van der Waals surface area contributed by atoms with Crippen molar-refractivity contribution in [3.63, 3.8) is 0 Å². The van der Waals surface area contributed by atoms with Gasteiger partial charge in [-0.25, -0.2) is 0 Å². The van der Waals surface area contributed by atoms with Gasteiger partial charge in [0.25, 0.3) is 0 Å². The molecule has 0 amide bonds. The van der Waals surface area contributed by atoms with E-state index in [9.17, 15) is 4.79 Å². The van der Waals surface area contributed by atoms with Crippen LogP contribution < -0.4 is 0 Å². The lowest BCUT2D eigenvalue weighted by Crippen LogP contribution is -2.48. The van der Waals surface area contributed by atoms with Crippen molar-refractivity contribution in [2.75, 3.05) is 0 Å². The van der Waals surface area contributed by atoms with E-state index in [1.807, 2.05) is 0 Å². The minimum atomic E-state index is 0.426. The van der Waals surface area contributed by atoms with Crippen molar-refractivity contribution in [1.82, 2.24) is 0 Å². The van der Waals surface area contributed by atoms with Crippen LogP contribution in [-0.2, 0) is 4.79 Å². The standard InChI is InChI=1S/C18H28O/c19-11-14-10-13-4-1-2-6-15(13)17-9-8-12-5-3-7-16(12)18(14)17/h11-18H,1-10H2/t12-,13?,14?,15-,16+,17+,18-/m0/s1. The first kappa shape index (κ1) is 12.4. The van der Waals surface area contributed by atoms with Gasteiger partial charge in [-0.3, -0.25) is 0 Å². The lowest BCUT2D eigenvalue weighted by atomic mass is 9.51. The number of hydrogen-bond donors (Lipinski definition) is 0. The number of hydrogen-bond acceptors (Lipinski definition) is 1. The minimum absolute atomic E-state index is 0.426. The van der Waals surface area contributed by atoms with Gasteiger partial charge in [0.1, 0.15) is 6.29 Å². The van der Waals surface area contributed by atoms with Gasteiger partial charge in [0.15, 0.2) is 0 Å². The zero-order valence-corrected chi connectivity index (χ0v) is 12.1. The summed E-state index contributed by atoms with van der Waals surface area (Å²) in [5.74, 6) is 5.96. The monoisotopic (exact) mass is 260 g/mol. The van der Waals surface area contributed by atoms with Crippen molar-refractivity contribution in [1.29, 1.82) is 0 Å². The van der Waals surface area contributed by atoms with E-state index in [1.54, 1.807) is 0 Å². The second-order valence-electron chi connectivity index (χ2n) is 7.92. The molecule has 4 saturated carbocycles. The fourth-order valence-corrected chi connectivity index (χ4v) is 6.73. The third-order valence-corrected chi connectivity index (χ3v) is 7.34. The highest BCUT2D eigenvalue weighted by Crippen LogP contribution is 2.59. The van der Waals surface area contributed by atoms with E-state index in [4.69, 9.17) is 0 Å². The summed E-state index contributed by atoms with van der Waals surface area (Å²) in [6.45, 7) is 0. The van der Waals surface area contributed by atoms with Gasteiger partial charge in [0.05, 0.1) is 0 Å². The molecule has 1 nitrogen and oxygen atoms in total. The van der Waals surface area contributed by atoms with E-state index in [0.717, 1.165) is 35.5 Å². The summed E-state index contributed by atoms with van der Waals surface area (Å²) in [6, 6.07) is 0. The number of rotatable bonds is 1. The first-order chi connectivity index (χ1) is 9.38. The van der Waals surface area contributed by atoms with Gasteiger partial charge in [-0.1, -0.05) is 32.1 Å². The SMILES string of the molecule is O=CC1CC2CCCC[C@@H]2[C@H]2CC[C@@H]3CCC[C@H]3[C@H]12. The summed E-state index contributed by atoms with van der Waals surface area (Å²) in [7, 11) is 0. The molecule has 0 aromatic heterocycles. The summed E-state index contributed by atoms with van der Waals surface area (Å²) in [4.78, 5) is 11.7. The van der Waals surface area contributed by atoms with Crippen molar-refractivity contribution in [2.24, 2.45) is 41.4 Å². The molecule has 7 atom stereocenters. The van der Waals surface area contributed by atoms with Crippen molar-refractivity contribution in [3.8, 4) is 0 Å². The van der Waals surface area contributed by atoms with Crippen LogP contribution in [-0.4, -0.2) is 6.29 Å². The molecule has 0 heterocycles. The molecule has 2 unspecified atom stereocenters. The van der Waals surface area contributed by atoms with Crippen LogP contribution >= 0.6 is 0 Å². The maximum Gasteiger partial charge on any atom is 0.123 e. The van der Waals surface area contributed by atoms with Gasteiger partial charge in [-0.15, -0.1) is 0 Å². The third-order valence-electron chi connectivity index (χ3n) is 7.34. The first-order valence-electron chi connectivity index (χ1n) is 8.84. The molecule has 0 aromatic rings. The summed E-state index contributed by atoms with van der Waals surface area (Å²) < 4.78 is 0. The van der Waals surface area contributed by atoms with Crippen molar-refractivity contribution < 1.29 is 4.79 Å². The molecule has 0 radical (unpaired) electrons. The second kappa shape index (κ2) is 4.90. The molecular weight excluding hydrogens is 232 g/mol. The third kappa shape index (κ3) is 1.91. The number of aldehydes is 1. The van der Waals surface area contributed by atoms with Crippen LogP contribution in [0.5, 0.6) is 0 Å². The molecule has 1 heteroatoms. The van der Waals surface area contributed by atoms with E-state index < -0.39 is 0 Å². The summed E-state index contributed by atoms with van der Waals surface area (Å²) >= 11 is 0. The van der Waals surface area contributed by atoms with E-state index in [2.05, 4.69) is 0 Å². The quantitative estimate of drug-likeness (QED) is 0.636. The predicted molar refractivity (Wildman–Crippen MR) is 76.7 cm³/mol. The number of carbonyl (C=O) groups excluding carboxylic acids is 1. The molecule has 19 heavy (non-hydrogen) atoms. The predicted octanol–water partition coefficient (Wildman–Crippen LogP) is 4.45. The molecule has 0 N–H and O–H groups in total. The normalized spacial score (nSPS) is 52.9. The van der Waals surface area contributed by atoms with Crippen LogP contribution in [0.25, 0.3) is 0 Å². The fourth-order valence-electron chi connectivity index (χ4n) is 6.73. The highest BCUT2D eigenvalue weighted by atomic mass is 16.1. The Kier molecular flexibility index (Phi) is 3.20. The van der Waals surface area contributed by atoms with Gasteiger partial charge >= 0.3 is 0 Å². The van der Waals surface area contributed by atoms with Crippen LogP contribution in [0.3, 0.4) is 0 Å². The van der Waals surface area contributed by atoms with Crippen LogP contribution in [0.2, 0.25) is 0 Å². The highest BCUT2D eigenvalue weighted by Gasteiger charge is 2.52. The Morgan fingerprint density at radius 2 is 1.47 bits per heavy atom. The van der Waals surface area contributed by atoms with Crippen LogP contribution in [0, 0.1) is 41.4 Å². The molecule has 0 bridgehead atoms. The second-order valence-corrected chi connectivity index (χ2v) is 7.92. The molecule has 0 spiro atoms. The van der Waals surface area contributed by atoms with Gasteiger partial charge in [0, 0.05) is 5.92 Å². The minimum Gasteiger partial charge on any atom is -0.303 e. The molecular formula is C18H28O. The summed E-state index contributed by atoms with van der Waals surface area (Å²) in [6.07, 6.45) is 15.7. The van der Waals surface area contributed by atoms with E-state index in [-0.39, 0.29) is 0 Å². The van der Waals surface area contributed by atoms with Crippen LogP contribution in [0.1, 0.15) is 64.2 Å². The average molecular weight is 260 g/mol. The Labute approximate surface area is 117 Å². The fraction of sp³-hybridized carbons (Fsp3) is 0.944. The Morgan fingerprint density at radius 1 is 0.684 bits per heavy atom. The molecule has 106 valence electrons. The molecule has 4 aliphatic carbocycles. The van der Waals surface area contributed by atoms with E-state index in [1.165, 1.54) is 70.5 Å². The van der Waals surface area contributed by atoms with E-state index >= 15 is 0 Å². The van der Waals surface area contributed by atoms with Crippen molar-refractivity contribution in [3.05, 3.63) is 0 Å². The maximum absolute atomic E-state index is 11.7. The van der Waals surface area contributed by atoms with Crippen molar-refractivity contribution in [2.45, 2.75) is 64.2 Å². The summed E-state index contributed by atoms with van der Waals surface area (Å²) in [5, 5.41) is 0. The van der Waals surface area contributed by atoms with Gasteiger partial charge in [-0.05, 0) is 67.6 Å². The van der Waals surface area contributed by atoms with Crippen molar-refractivity contribution >= 4 is 6.29 Å². The van der Waals surface area contributed by atoms with Crippen LogP contribution in [0.15, 0.2) is 0 Å². The smallest absolute Gasteiger partial charge is 0.123 e. The molecule has 4 aliphatic rings. The molecule has 4 rings (SSSR count). The summed E-state index contributed by atoms with van der Waals surface area (Å²) in [5.41, 5.74) is 0. The lowest BCUT2D eigenvalue weighted by molar-refractivity contribution is -0.123. The molecule has 0 aromatic carbocycles. The first-order valence-corrected chi connectivity index (χ1v) is 8.84. The molecule has 4 fully saturated rings. The van der Waals surface area contributed by atoms with Crippen LogP contribution in [0.4, 0.5) is 0 Å². The highest BCUT2D eigenvalue weighted by molar-refractivity contribution is 5.54. The zero-order chi connectivity index (χ0) is 12.8. The Bertz CT molecular complexity index is 350. The maximum atomic E-state index is 11.7. The number of fused-ring (bicyclic) bond motifs is 5. The number of carbonyl (C=O) groups is 1. The van der Waals surface area contributed by atoms with Gasteiger partial charge in [0.2, 0.25) is 0 Å². The Hall–Kier alpha value is -0.330. The average Bonchev–Trinajstić information content (AvgIpc) is 2.94. The Balaban J connectivity index is 1.63.